The van der Waals surface area contributed by atoms with Gasteiger partial charge in [-0.1, -0.05) is 23.7 Å². The highest BCUT2D eigenvalue weighted by atomic mass is 35.5. The molecule has 1 unspecified atom stereocenters. The lowest BCUT2D eigenvalue weighted by molar-refractivity contribution is 0.0592. The monoisotopic (exact) mass is 478 g/mol. The van der Waals surface area contributed by atoms with Crippen molar-refractivity contribution < 1.29 is 13.2 Å². The SMILES string of the molecule is Cc1nn(-c2ccccc2Cl)c2sc(C(=O)N3CCN(C4CCS(=O)(=O)C4)CC3)cc12. The predicted molar refractivity (Wildman–Crippen MR) is 123 cm³/mol. The molecule has 0 saturated carbocycles. The van der Waals surface area contributed by atoms with E-state index >= 15 is 0 Å². The summed E-state index contributed by atoms with van der Waals surface area (Å²) in [5.74, 6) is 0.542. The number of thiophene rings is 1. The fourth-order valence-electron chi connectivity index (χ4n) is 4.45. The zero-order valence-corrected chi connectivity index (χ0v) is 19.5. The molecule has 2 saturated heterocycles. The van der Waals surface area contributed by atoms with Crippen LogP contribution in [0.2, 0.25) is 5.02 Å². The van der Waals surface area contributed by atoms with E-state index in [0.717, 1.165) is 21.6 Å². The molecule has 31 heavy (non-hydrogen) atoms. The van der Waals surface area contributed by atoms with E-state index in [2.05, 4.69) is 10.00 Å². The van der Waals surface area contributed by atoms with Crippen molar-refractivity contribution in [2.75, 3.05) is 37.7 Å². The molecule has 0 spiro atoms. The number of aromatic nitrogens is 2. The molecule has 5 rings (SSSR count). The molecule has 7 nitrogen and oxygen atoms in total. The molecule has 4 heterocycles. The topological polar surface area (TPSA) is 75.5 Å². The average Bonchev–Trinajstić information content (AvgIpc) is 3.43. The number of benzene rings is 1. The minimum atomic E-state index is -2.90. The van der Waals surface area contributed by atoms with Crippen molar-refractivity contribution in [3.63, 3.8) is 0 Å². The molecule has 3 aromatic rings. The number of amides is 1. The summed E-state index contributed by atoms with van der Waals surface area (Å²) in [6.45, 7) is 4.58. The molecule has 2 aliphatic rings. The lowest BCUT2D eigenvalue weighted by Gasteiger charge is -2.37. The van der Waals surface area contributed by atoms with Crippen molar-refractivity contribution in [3.8, 4) is 5.69 Å². The molecular formula is C21H23ClN4O3S2. The van der Waals surface area contributed by atoms with Gasteiger partial charge in [-0.3, -0.25) is 9.69 Å². The van der Waals surface area contributed by atoms with Gasteiger partial charge in [-0.2, -0.15) is 5.10 Å². The number of rotatable bonds is 3. The molecule has 1 atom stereocenters. The lowest BCUT2D eigenvalue weighted by Crippen LogP contribution is -2.52. The van der Waals surface area contributed by atoms with E-state index in [0.29, 0.717) is 42.5 Å². The van der Waals surface area contributed by atoms with Crippen LogP contribution in [0.15, 0.2) is 30.3 Å². The number of para-hydroxylation sites is 1. The number of carbonyl (C=O) groups excluding carboxylic acids is 1. The Bertz CT molecular complexity index is 1260. The maximum atomic E-state index is 13.2. The van der Waals surface area contributed by atoms with Gasteiger partial charge in [-0.15, -0.1) is 11.3 Å². The first kappa shape index (κ1) is 20.9. The number of piperazine rings is 1. The van der Waals surface area contributed by atoms with Crippen LogP contribution >= 0.6 is 22.9 Å². The largest absolute Gasteiger partial charge is 0.335 e. The maximum absolute atomic E-state index is 13.2. The third-order valence-electron chi connectivity index (χ3n) is 6.16. The standard InChI is InChI=1S/C21H23ClN4O3S2/c1-14-16-12-19(30-21(16)26(23-14)18-5-3-2-4-17(18)22)20(27)25-9-7-24(8-10-25)15-6-11-31(28,29)13-15/h2-5,12,15H,6-11,13H2,1H3. The van der Waals surface area contributed by atoms with Gasteiger partial charge in [-0.05, 0) is 31.5 Å². The zero-order chi connectivity index (χ0) is 21.8. The Balaban J connectivity index is 1.34. The Morgan fingerprint density at radius 3 is 2.61 bits per heavy atom. The van der Waals surface area contributed by atoms with E-state index in [4.69, 9.17) is 11.6 Å². The van der Waals surface area contributed by atoms with Crippen LogP contribution in [-0.2, 0) is 9.84 Å². The second-order valence-electron chi connectivity index (χ2n) is 8.16. The van der Waals surface area contributed by atoms with Gasteiger partial charge in [0, 0.05) is 37.6 Å². The second kappa shape index (κ2) is 7.88. The molecule has 1 aromatic carbocycles. The highest BCUT2D eigenvalue weighted by Gasteiger charge is 2.34. The quantitative estimate of drug-likeness (QED) is 0.578. The second-order valence-corrected chi connectivity index (χ2v) is 11.8. The molecule has 2 aliphatic heterocycles. The molecule has 164 valence electrons. The van der Waals surface area contributed by atoms with Crippen LogP contribution in [0.5, 0.6) is 0 Å². The minimum Gasteiger partial charge on any atom is -0.335 e. The van der Waals surface area contributed by atoms with Gasteiger partial charge in [0.15, 0.2) is 9.84 Å². The maximum Gasteiger partial charge on any atom is 0.264 e. The van der Waals surface area contributed by atoms with Crippen molar-refractivity contribution in [3.05, 3.63) is 45.9 Å². The van der Waals surface area contributed by atoms with Crippen molar-refractivity contribution in [2.45, 2.75) is 19.4 Å². The summed E-state index contributed by atoms with van der Waals surface area (Å²) < 4.78 is 25.4. The van der Waals surface area contributed by atoms with Crippen LogP contribution < -0.4 is 0 Å². The molecule has 0 aliphatic carbocycles. The number of hydrogen-bond donors (Lipinski definition) is 0. The number of halogens is 1. The molecule has 0 N–H and O–H groups in total. The Morgan fingerprint density at radius 2 is 1.94 bits per heavy atom. The summed E-state index contributed by atoms with van der Waals surface area (Å²) in [6.07, 6.45) is 0.699. The summed E-state index contributed by atoms with van der Waals surface area (Å²) in [4.78, 5) is 18.9. The number of nitrogens with zero attached hydrogens (tertiary/aromatic N) is 4. The summed E-state index contributed by atoms with van der Waals surface area (Å²) >= 11 is 7.80. The zero-order valence-electron chi connectivity index (χ0n) is 17.1. The van der Waals surface area contributed by atoms with E-state index in [9.17, 15) is 13.2 Å². The highest BCUT2D eigenvalue weighted by molar-refractivity contribution is 7.91. The van der Waals surface area contributed by atoms with Crippen LogP contribution in [0.3, 0.4) is 0 Å². The third kappa shape index (κ3) is 3.88. The summed E-state index contributed by atoms with van der Waals surface area (Å²) in [7, 11) is -2.90. The van der Waals surface area contributed by atoms with Crippen molar-refractivity contribution in [1.29, 1.82) is 0 Å². The van der Waals surface area contributed by atoms with Gasteiger partial charge >= 0.3 is 0 Å². The van der Waals surface area contributed by atoms with Crippen LogP contribution in [0.25, 0.3) is 15.9 Å². The van der Waals surface area contributed by atoms with Gasteiger partial charge in [-0.25, -0.2) is 13.1 Å². The first-order valence-corrected chi connectivity index (χ1v) is 13.3. The number of fused-ring (bicyclic) bond motifs is 1. The number of hydrogen-bond acceptors (Lipinski definition) is 6. The molecule has 10 heteroatoms. The number of sulfone groups is 1. The first-order valence-electron chi connectivity index (χ1n) is 10.3. The van der Waals surface area contributed by atoms with E-state index in [-0.39, 0.29) is 23.5 Å². The number of aryl methyl sites for hydroxylation is 1. The highest BCUT2D eigenvalue weighted by Crippen LogP contribution is 2.33. The van der Waals surface area contributed by atoms with Crippen LogP contribution in [-0.4, -0.2) is 77.6 Å². The molecule has 1 amide bonds. The molecule has 2 aromatic heterocycles. The molecule has 0 bridgehead atoms. The Morgan fingerprint density at radius 1 is 1.19 bits per heavy atom. The third-order valence-corrected chi connectivity index (χ3v) is 9.33. The van der Waals surface area contributed by atoms with E-state index in [1.54, 1.807) is 0 Å². The van der Waals surface area contributed by atoms with Crippen LogP contribution in [0.1, 0.15) is 21.8 Å². The minimum absolute atomic E-state index is 0.0185. The van der Waals surface area contributed by atoms with Crippen molar-refractivity contribution in [1.82, 2.24) is 19.6 Å². The summed E-state index contributed by atoms with van der Waals surface area (Å²) in [5.41, 5.74) is 1.65. The Kier molecular flexibility index (Phi) is 5.32. The van der Waals surface area contributed by atoms with E-state index in [1.165, 1.54) is 11.3 Å². The fourth-order valence-corrected chi connectivity index (χ4v) is 7.57. The lowest BCUT2D eigenvalue weighted by atomic mass is 10.2. The van der Waals surface area contributed by atoms with Gasteiger partial charge in [0.25, 0.3) is 5.91 Å². The van der Waals surface area contributed by atoms with Gasteiger partial charge < -0.3 is 4.90 Å². The molecule has 0 radical (unpaired) electrons. The fraction of sp³-hybridized carbons (Fsp3) is 0.429. The predicted octanol–water partition coefficient (Wildman–Crippen LogP) is 2.99. The van der Waals surface area contributed by atoms with Gasteiger partial charge in [0.05, 0.1) is 32.8 Å². The van der Waals surface area contributed by atoms with Crippen LogP contribution in [0.4, 0.5) is 0 Å². The Labute approximate surface area is 190 Å². The van der Waals surface area contributed by atoms with Crippen LogP contribution in [0, 0.1) is 6.92 Å². The smallest absolute Gasteiger partial charge is 0.264 e. The normalized spacial score (nSPS) is 21.7. The molecule has 2 fully saturated rings. The molecular weight excluding hydrogens is 456 g/mol. The first-order chi connectivity index (χ1) is 14.8. The van der Waals surface area contributed by atoms with Gasteiger partial charge in [0.2, 0.25) is 0 Å². The summed E-state index contributed by atoms with van der Waals surface area (Å²) in [5, 5.41) is 6.19. The van der Waals surface area contributed by atoms with E-state index in [1.807, 2.05) is 46.8 Å². The summed E-state index contributed by atoms with van der Waals surface area (Å²) in [6, 6.07) is 9.55. The van der Waals surface area contributed by atoms with E-state index < -0.39 is 9.84 Å². The van der Waals surface area contributed by atoms with Gasteiger partial charge in [0.1, 0.15) is 4.83 Å². The van der Waals surface area contributed by atoms with Crippen molar-refractivity contribution >= 4 is 48.9 Å². The number of carbonyl (C=O) groups is 1. The average molecular weight is 479 g/mol. The van der Waals surface area contributed by atoms with Crippen molar-refractivity contribution in [2.24, 2.45) is 0 Å². The Hall–Kier alpha value is -1.94.